The molecule has 0 saturated heterocycles. The van der Waals surface area contributed by atoms with Gasteiger partial charge < -0.3 is 25.3 Å². The minimum Gasteiger partial charge on any atom is -0.382 e. The van der Waals surface area contributed by atoms with Crippen molar-refractivity contribution in [3.8, 4) is 0 Å². The summed E-state index contributed by atoms with van der Waals surface area (Å²) in [5.41, 5.74) is 5.42. The zero-order valence-corrected chi connectivity index (χ0v) is 10.7. The molecule has 17 heavy (non-hydrogen) atoms. The van der Waals surface area contributed by atoms with Crippen molar-refractivity contribution in [2.75, 3.05) is 47.1 Å². The van der Waals surface area contributed by atoms with Crippen molar-refractivity contribution < 1.29 is 19.0 Å². The number of carbonyl (C=O) groups excluding carboxylic acids is 1. The summed E-state index contributed by atoms with van der Waals surface area (Å²) in [6.45, 7) is 2.76. The molecule has 0 aromatic heterocycles. The van der Waals surface area contributed by atoms with Crippen LogP contribution in [0.15, 0.2) is 0 Å². The van der Waals surface area contributed by atoms with Gasteiger partial charge in [0.05, 0.1) is 25.7 Å². The normalized spacial score (nSPS) is 12.4. The predicted octanol–water partition coefficient (Wildman–Crippen LogP) is -0.480. The van der Waals surface area contributed by atoms with Gasteiger partial charge in [0.25, 0.3) is 0 Å². The number of amides is 1. The number of nitrogens with one attached hydrogen (secondary N) is 1. The molecule has 0 heterocycles. The third-order valence-corrected chi connectivity index (χ3v) is 2.23. The van der Waals surface area contributed by atoms with Gasteiger partial charge in [-0.05, 0) is 6.42 Å². The fourth-order valence-corrected chi connectivity index (χ4v) is 1.19. The quantitative estimate of drug-likeness (QED) is 0.483. The van der Waals surface area contributed by atoms with E-state index in [4.69, 9.17) is 19.9 Å². The van der Waals surface area contributed by atoms with E-state index < -0.39 is 0 Å². The molecule has 3 N–H and O–H groups in total. The first kappa shape index (κ1) is 16.3. The van der Waals surface area contributed by atoms with Crippen molar-refractivity contribution >= 4 is 5.91 Å². The summed E-state index contributed by atoms with van der Waals surface area (Å²) in [4.78, 5) is 11.4. The van der Waals surface area contributed by atoms with E-state index in [1.54, 1.807) is 14.2 Å². The number of rotatable bonds is 11. The first-order chi connectivity index (χ1) is 8.24. The van der Waals surface area contributed by atoms with Gasteiger partial charge in [0.1, 0.15) is 0 Å². The minimum atomic E-state index is -0.201. The average Bonchev–Trinajstić information content (AvgIpc) is 2.34. The Labute approximate surface area is 103 Å². The molecule has 0 fully saturated rings. The van der Waals surface area contributed by atoms with Crippen LogP contribution in [0.4, 0.5) is 0 Å². The van der Waals surface area contributed by atoms with E-state index in [1.807, 2.05) is 0 Å². The molecule has 1 amide bonds. The Bertz CT molecular complexity index is 186. The lowest BCUT2D eigenvalue weighted by molar-refractivity contribution is -0.123. The van der Waals surface area contributed by atoms with E-state index in [2.05, 4.69) is 5.32 Å². The molecule has 6 heteroatoms. The molecule has 0 aromatic carbocycles. The Morgan fingerprint density at radius 3 is 2.65 bits per heavy atom. The van der Waals surface area contributed by atoms with Crippen LogP contribution < -0.4 is 11.1 Å². The first-order valence-corrected chi connectivity index (χ1v) is 5.80. The van der Waals surface area contributed by atoms with Gasteiger partial charge in [-0.2, -0.15) is 0 Å². The number of carbonyl (C=O) groups is 1. The number of methoxy groups -OCH3 is 2. The van der Waals surface area contributed by atoms with Crippen molar-refractivity contribution in [3.05, 3.63) is 0 Å². The molecule has 1 unspecified atom stereocenters. The van der Waals surface area contributed by atoms with E-state index in [0.717, 1.165) is 6.42 Å². The summed E-state index contributed by atoms with van der Waals surface area (Å²) in [6, 6.07) is 0. The van der Waals surface area contributed by atoms with Gasteiger partial charge in [0.2, 0.25) is 5.91 Å². The zero-order chi connectivity index (χ0) is 12.9. The molecular formula is C11H24N2O4. The molecule has 0 radical (unpaired) electrons. The Hall–Kier alpha value is -0.690. The van der Waals surface area contributed by atoms with Crippen molar-refractivity contribution in [1.82, 2.24) is 5.32 Å². The summed E-state index contributed by atoms with van der Waals surface area (Å²) in [7, 11) is 3.18. The maximum atomic E-state index is 11.4. The van der Waals surface area contributed by atoms with Gasteiger partial charge in [-0.15, -0.1) is 0 Å². The van der Waals surface area contributed by atoms with E-state index in [0.29, 0.717) is 39.3 Å². The van der Waals surface area contributed by atoms with E-state index in [-0.39, 0.29) is 12.0 Å². The lowest BCUT2D eigenvalue weighted by Crippen LogP contribution is -2.32. The third kappa shape index (κ3) is 10.2. The fourth-order valence-electron chi connectivity index (χ4n) is 1.19. The highest BCUT2D eigenvalue weighted by Gasteiger charge is 2.10. The second-order valence-corrected chi connectivity index (χ2v) is 3.61. The maximum Gasteiger partial charge on any atom is 0.222 e. The Morgan fingerprint density at radius 2 is 2.06 bits per heavy atom. The fraction of sp³-hybridized carbons (Fsp3) is 0.909. The van der Waals surface area contributed by atoms with Crippen molar-refractivity contribution in [2.24, 2.45) is 5.73 Å². The van der Waals surface area contributed by atoms with E-state index in [9.17, 15) is 4.79 Å². The number of nitrogens with two attached hydrogens (primary N) is 1. The lowest BCUT2D eigenvalue weighted by Gasteiger charge is -2.12. The highest BCUT2D eigenvalue weighted by atomic mass is 16.5. The number of hydrogen-bond acceptors (Lipinski definition) is 5. The average molecular weight is 248 g/mol. The summed E-state index contributed by atoms with van der Waals surface area (Å²) in [5.74, 6) is -0.0424. The smallest absolute Gasteiger partial charge is 0.222 e. The Balaban J connectivity index is 3.33. The van der Waals surface area contributed by atoms with Crippen molar-refractivity contribution in [2.45, 2.75) is 18.9 Å². The summed E-state index contributed by atoms with van der Waals surface area (Å²) < 4.78 is 15.1. The van der Waals surface area contributed by atoms with E-state index >= 15 is 0 Å². The molecule has 0 aliphatic heterocycles. The molecule has 6 nitrogen and oxygen atoms in total. The highest BCUT2D eigenvalue weighted by Crippen LogP contribution is 1.94. The van der Waals surface area contributed by atoms with E-state index in [1.165, 1.54) is 0 Å². The molecule has 0 spiro atoms. The van der Waals surface area contributed by atoms with Crippen LogP contribution in [0.25, 0.3) is 0 Å². The summed E-state index contributed by atoms with van der Waals surface area (Å²) >= 11 is 0. The minimum absolute atomic E-state index is 0.0424. The molecule has 102 valence electrons. The van der Waals surface area contributed by atoms with Crippen LogP contribution in [0.2, 0.25) is 0 Å². The first-order valence-electron chi connectivity index (χ1n) is 5.80. The lowest BCUT2D eigenvalue weighted by atomic mass is 10.2. The van der Waals surface area contributed by atoms with Gasteiger partial charge >= 0.3 is 0 Å². The SMILES string of the molecule is COCCOCCCNC(=O)CC(CN)OC. The van der Waals surface area contributed by atoms with Crippen LogP contribution >= 0.6 is 0 Å². The maximum absolute atomic E-state index is 11.4. The largest absolute Gasteiger partial charge is 0.382 e. The second-order valence-electron chi connectivity index (χ2n) is 3.61. The third-order valence-electron chi connectivity index (χ3n) is 2.23. The topological polar surface area (TPSA) is 82.8 Å². The second kappa shape index (κ2) is 11.8. The predicted molar refractivity (Wildman–Crippen MR) is 64.8 cm³/mol. The zero-order valence-electron chi connectivity index (χ0n) is 10.7. The van der Waals surface area contributed by atoms with Crippen LogP contribution in [-0.2, 0) is 19.0 Å². The molecule has 0 aromatic rings. The van der Waals surface area contributed by atoms with Crippen LogP contribution in [0.1, 0.15) is 12.8 Å². The monoisotopic (exact) mass is 248 g/mol. The van der Waals surface area contributed by atoms with Gasteiger partial charge in [-0.1, -0.05) is 0 Å². The van der Waals surface area contributed by atoms with Gasteiger partial charge in [0, 0.05) is 33.9 Å². The molecular weight excluding hydrogens is 224 g/mol. The number of ether oxygens (including phenoxy) is 3. The molecule has 0 rings (SSSR count). The van der Waals surface area contributed by atoms with Gasteiger partial charge in [0.15, 0.2) is 0 Å². The Kier molecular flexibility index (Phi) is 11.3. The number of hydrogen-bond donors (Lipinski definition) is 2. The molecule has 0 aliphatic carbocycles. The van der Waals surface area contributed by atoms with Crippen LogP contribution in [-0.4, -0.2) is 59.1 Å². The highest BCUT2D eigenvalue weighted by molar-refractivity contribution is 5.76. The summed E-state index contributed by atoms with van der Waals surface area (Å²) in [5, 5.41) is 2.79. The standard InChI is InChI=1S/C11H24N2O4/c1-15-6-7-17-5-3-4-13-11(14)8-10(9-12)16-2/h10H,3-9,12H2,1-2H3,(H,13,14). The van der Waals surface area contributed by atoms with Crippen LogP contribution in [0.3, 0.4) is 0 Å². The van der Waals surface area contributed by atoms with Crippen molar-refractivity contribution in [1.29, 1.82) is 0 Å². The molecule has 1 atom stereocenters. The van der Waals surface area contributed by atoms with Crippen LogP contribution in [0.5, 0.6) is 0 Å². The van der Waals surface area contributed by atoms with Crippen LogP contribution in [0, 0.1) is 0 Å². The molecule has 0 aliphatic rings. The summed E-state index contributed by atoms with van der Waals surface area (Å²) in [6.07, 6.45) is 0.890. The Morgan fingerprint density at radius 1 is 1.29 bits per heavy atom. The van der Waals surface area contributed by atoms with Gasteiger partial charge in [-0.3, -0.25) is 4.79 Å². The van der Waals surface area contributed by atoms with Gasteiger partial charge in [-0.25, -0.2) is 0 Å². The molecule has 0 saturated carbocycles. The molecule has 0 bridgehead atoms. The van der Waals surface area contributed by atoms with Crippen molar-refractivity contribution in [3.63, 3.8) is 0 Å².